The summed E-state index contributed by atoms with van der Waals surface area (Å²) in [4.78, 5) is 16.7. The molecule has 0 unspecified atom stereocenters. The zero-order chi connectivity index (χ0) is 25.7. The summed E-state index contributed by atoms with van der Waals surface area (Å²) in [7, 11) is 1.69. The molecule has 4 heterocycles. The number of imidazole rings is 1. The summed E-state index contributed by atoms with van der Waals surface area (Å²) >= 11 is 0. The van der Waals surface area contributed by atoms with Gasteiger partial charge in [-0.2, -0.15) is 15.1 Å². The Balaban J connectivity index is 1.39. The van der Waals surface area contributed by atoms with Crippen molar-refractivity contribution >= 4 is 28.6 Å². The van der Waals surface area contributed by atoms with Crippen molar-refractivity contribution in [3.63, 3.8) is 0 Å². The fourth-order valence-electron chi connectivity index (χ4n) is 5.45. The van der Waals surface area contributed by atoms with Crippen LogP contribution in [-0.2, 0) is 0 Å². The van der Waals surface area contributed by atoms with E-state index in [9.17, 15) is 5.11 Å². The number of rotatable bonds is 7. The molecule has 1 saturated carbocycles. The molecule has 10 nitrogen and oxygen atoms in total. The number of hydrogen-bond donors (Lipinski definition) is 2. The number of aromatic nitrogens is 6. The first-order valence-electron chi connectivity index (χ1n) is 13.1. The fraction of sp³-hybridized carbons (Fsp3) is 0.481. The lowest BCUT2D eigenvalue weighted by Crippen LogP contribution is -2.33. The van der Waals surface area contributed by atoms with Gasteiger partial charge >= 0.3 is 0 Å². The first-order chi connectivity index (χ1) is 18.0. The molecular weight excluding hydrogens is 468 g/mol. The molecule has 194 valence electrons. The van der Waals surface area contributed by atoms with Crippen molar-refractivity contribution in [3.05, 3.63) is 41.5 Å². The van der Waals surface area contributed by atoms with Crippen LogP contribution in [0.5, 0.6) is 5.75 Å². The van der Waals surface area contributed by atoms with E-state index >= 15 is 0 Å². The van der Waals surface area contributed by atoms with E-state index < -0.39 is 0 Å². The van der Waals surface area contributed by atoms with Gasteiger partial charge in [0, 0.05) is 12.6 Å². The van der Waals surface area contributed by atoms with Crippen LogP contribution in [0, 0.1) is 20.8 Å². The minimum atomic E-state index is 0.0522. The van der Waals surface area contributed by atoms with Gasteiger partial charge in [-0.25, -0.2) is 9.67 Å². The van der Waals surface area contributed by atoms with Crippen LogP contribution in [0.4, 0.5) is 17.6 Å². The summed E-state index contributed by atoms with van der Waals surface area (Å²) in [6, 6.07) is 4.55. The summed E-state index contributed by atoms with van der Waals surface area (Å²) in [5, 5.41) is 19.2. The number of ether oxygens (including phenoxy) is 1. The van der Waals surface area contributed by atoms with Crippen molar-refractivity contribution in [1.29, 1.82) is 0 Å². The van der Waals surface area contributed by atoms with Gasteiger partial charge in [0.25, 0.3) is 0 Å². The Labute approximate surface area is 216 Å². The predicted molar refractivity (Wildman–Crippen MR) is 143 cm³/mol. The van der Waals surface area contributed by atoms with Gasteiger partial charge in [0.15, 0.2) is 11.5 Å². The third-order valence-electron chi connectivity index (χ3n) is 7.93. The Morgan fingerprint density at radius 3 is 2.68 bits per heavy atom. The topological polar surface area (TPSA) is 106 Å². The minimum Gasteiger partial charge on any atom is -0.496 e. The lowest BCUT2D eigenvalue weighted by atomic mass is 9.93. The molecule has 6 rings (SSSR count). The molecule has 2 aliphatic rings. The molecule has 2 N–H and O–H groups in total. The van der Waals surface area contributed by atoms with Gasteiger partial charge in [0.1, 0.15) is 17.9 Å². The standard InChI is InChI=1S/C27H34N8O2/c1-16-11-21(12-22(37-4)17(16)2)33-13-23(28-15-33)29-27-30-25(34-10-6-9-20(34)14-36)24-18(3)32-35(26(24)31-27)19-7-5-8-19/h11-13,15,19-20,36H,5-10,14H2,1-4H3,(H,29,30,31)/t20-/m1/s1. The first-order valence-corrected chi connectivity index (χ1v) is 13.1. The van der Waals surface area contributed by atoms with E-state index in [1.165, 1.54) is 6.42 Å². The Hall–Kier alpha value is -3.66. The molecule has 2 fully saturated rings. The fourth-order valence-corrected chi connectivity index (χ4v) is 5.45. The monoisotopic (exact) mass is 502 g/mol. The van der Waals surface area contributed by atoms with E-state index in [1.54, 1.807) is 13.4 Å². The number of methoxy groups -OCH3 is 1. The van der Waals surface area contributed by atoms with Gasteiger partial charge in [-0.15, -0.1) is 0 Å². The zero-order valence-corrected chi connectivity index (χ0v) is 21.9. The predicted octanol–water partition coefficient (Wildman–Crippen LogP) is 4.38. The second kappa shape index (κ2) is 9.33. The van der Waals surface area contributed by atoms with Crippen LogP contribution >= 0.6 is 0 Å². The summed E-state index contributed by atoms with van der Waals surface area (Å²) in [6.07, 6.45) is 9.13. The lowest BCUT2D eigenvalue weighted by molar-refractivity contribution is 0.266. The molecule has 0 spiro atoms. The SMILES string of the molecule is COc1cc(-n2cnc(Nc3nc(N4CCC[C@@H]4CO)c4c(C)nn(C5CCC5)c4n3)c2)cc(C)c1C. The molecule has 3 aromatic heterocycles. The summed E-state index contributed by atoms with van der Waals surface area (Å²) < 4.78 is 9.60. The van der Waals surface area contributed by atoms with Gasteiger partial charge in [0.2, 0.25) is 5.95 Å². The average Bonchev–Trinajstić information content (AvgIpc) is 3.59. The number of anilines is 3. The second-order valence-corrected chi connectivity index (χ2v) is 10.2. The highest BCUT2D eigenvalue weighted by molar-refractivity contribution is 5.91. The van der Waals surface area contributed by atoms with Crippen LogP contribution in [0.15, 0.2) is 24.7 Å². The number of aliphatic hydroxyl groups is 1. The van der Waals surface area contributed by atoms with Crippen LogP contribution in [0.2, 0.25) is 0 Å². The average molecular weight is 503 g/mol. The van der Waals surface area contributed by atoms with Crippen molar-refractivity contribution in [3.8, 4) is 11.4 Å². The van der Waals surface area contributed by atoms with E-state index in [2.05, 4.69) is 39.8 Å². The molecule has 1 aliphatic carbocycles. The molecule has 1 aliphatic heterocycles. The van der Waals surface area contributed by atoms with Crippen molar-refractivity contribution in [2.45, 2.75) is 65.0 Å². The number of nitrogens with zero attached hydrogens (tertiary/aromatic N) is 7. The van der Waals surface area contributed by atoms with E-state index in [4.69, 9.17) is 19.8 Å². The molecule has 10 heteroatoms. The van der Waals surface area contributed by atoms with Gasteiger partial charge in [-0.05, 0) is 70.1 Å². The summed E-state index contributed by atoms with van der Waals surface area (Å²) in [5.41, 5.74) is 5.02. The highest BCUT2D eigenvalue weighted by Crippen LogP contribution is 2.38. The van der Waals surface area contributed by atoms with Crippen molar-refractivity contribution in [2.24, 2.45) is 0 Å². The maximum Gasteiger partial charge on any atom is 0.232 e. The Morgan fingerprint density at radius 2 is 1.95 bits per heavy atom. The van der Waals surface area contributed by atoms with Crippen LogP contribution in [0.25, 0.3) is 16.7 Å². The van der Waals surface area contributed by atoms with Crippen LogP contribution in [0.1, 0.15) is 55.0 Å². The first kappa shape index (κ1) is 23.7. The number of aryl methyl sites for hydroxylation is 2. The van der Waals surface area contributed by atoms with Gasteiger partial charge in [0.05, 0.1) is 48.8 Å². The maximum atomic E-state index is 10.0. The van der Waals surface area contributed by atoms with E-state index in [1.807, 2.05) is 23.8 Å². The Morgan fingerprint density at radius 1 is 1.11 bits per heavy atom. The van der Waals surface area contributed by atoms with E-state index in [-0.39, 0.29) is 12.6 Å². The Bertz CT molecular complexity index is 1450. The van der Waals surface area contributed by atoms with Gasteiger partial charge < -0.3 is 24.6 Å². The van der Waals surface area contributed by atoms with Gasteiger partial charge in [-0.1, -0.05) is 0 Å². The highest BCUT2D eigenvalue weighted by Gasteiger charge is 2.31. The van der Waals surface area contributed by atoms with Crippen LogP contribution in [0.3, 0.4) is 0 Å². The largest absolute Gasteiger partial charge is 0.496 e. The number of nitrogens with one attached hydrogen (secondary N) is 1. The quantitative estimate of drug-likeness (QED) is 0.384. The molecule has 1 atom stereocenters. The van der Waals surface area contributed by atoms with Crippen LogP contribution in [-0.4, -0.2) is 60.7 Å². The summed E-state index contributed by atoms with van der Waals surface area (Å²) in [6.45, 7) is 7.12. The highest BCUT2D eigenvalue weighted by atomic mass is 16.5. The minimum absolute atomic E-state index is 0.0522. The van der Waals surface area contributed by atoms with Gasteiger partial charge in [-0.3, -0.25) is 0 Å². The zero-order valence-electron chi connectivity index (χ0n) is 21.9. The number of benzene rings is 1. The molecule has 0 bridgehead atoms. The van der Waals surface area contributed by atoms with Crippen LogP contribution < -0.4 is 15.0 Å². The molecule has 1 aromatic carbocycles. The molecule has 0 amide bonds. The second-order valence-electron chi connectivity index (χ2n) is 10.2. The molecule has 0 radical (unpaired) electrons. The molecule has 1 saturated heterocycles. The van der Waals surface area contributed by atoms with E-state index in [0.29, 0.717) is 17.8 Å². The summed E-state index contributed by atoms with van der Waals surface area (Å²) in [5.74, 6) is 2.81. The Kier molecular flexibility index (Phi) is 5.98. The molecule has 37 heavy (non-hydrogen) atoms. The number of aliphatic hydroxyl groups excluding tert-OH is 1. The normalized spacial score (nSPS) is 18.0. The van der Waals surface area contributed by atoms with E-state index in [0.717, 1.165) is 77.3 Å². The lowest BCUT2D eigenvalue weighted by Gasteiger charge is -2.27. The van der Waals surface area contributed by atoms with Crippen molar-refractivity contribution in [2.75, 3.05) is 30.5 Å². The third-order valence-corrected chi connectivity index (χ3v) is 7.93. The smallest absolute Gasteiger partial charge is 0.232 e. The number of hydrogen-bond acceptors (Lipinski definition) is 8. The molecule has 4 aromatic rings. The number of fused-ring (bicyclic) bond motifs is 1. The third kappa shape index (κ3) is 4.09. The maximum absolute atomic E-state index is 10.0. The van der Waals surface area contributed by atoms with Crippen molar-refractivity contribution in [1.82, 2.24) is 29.3 Å². The van der Waals surface area contributed by atoms with Crippen molar-refractivity contribution < 1.29 is 9.84 Å². The molecular formula is C27H34N8O2.